The number of nitrogens with zero attached hydrogens (tertiary/aromatic N) is 2. The lowest BCUT2D eigenvalue weighted by atomic mass is 10.1. The van der Waals surface area contributed by atoms with Crippen LogP contribution in [0.2, 0.25) is 0 Å². The van der Waals surface area contributed by atoms with Crippen LogP contribution in [-0.4, -0.2) is 66.4 Å². The molecular formula is C26H32N4O3S. The summed E-state index contributed by atoms with van der Waals surface area (Å²) in [7, 11) is 1.64. The van der Waals surface area contributed by atoms with E-state index in [0.717, 1.165) is 73.7 Å². The molecule has 0 saturated carbocycles. The van der Waals surface area contributed by atoms with E-state index in [4.69, 9.17) is 21.7 Å². The molecule has 1 fully saturated rings. The van der Waals surface area contributed by atoms with Crippen LogP contribution in [0, 0.1) is 6.92 Å². The zero-order valence-corrected chi connectivity index (χ0v) is 20.6. The molecule has 2 heterocycles. The molecule has 0 radical (unpaired) electrons. The number of benzene rings is 2. The van der Waals surface area contributed by atoms with Crippen molar-refractivity contribution in [2.45, 2.75) is 19.9 Å². The Labute approximate surface area is 205 Å². The van der Waals surface area contributed by atoms with Gasteiger partial charge >= 0.3 is 0 Å². The van der Waals surface area contributed by atoms with Crippen LogP contribution in [-0.2, 0) is 11.3 Å². The highest BCUT2D eigenvalue weighted by atomic mass is 32.1. The maximum absolute atomic E-state index is 12.9. The van der Waals surface area contributed by atoms with Crippen molar-refractivity contribution >= 4 is 33.9 Å². The van der Waals surface area contributed by atoms with E-state index < -0.39 is 0 Å². The van der Waals surface area contributed by atoms with Gasteiger partial charge in [0.25, 0.3) is 5.56 Å². The Balaban J connectivity index is 1.53. The number of aromatic amines is 1. The van der Waals surface area contributed by atoms with E-state index in [1.165, 1.54) is 0 Å². The molecule has 2 aromatic carbocycles. The number of fused-ring (bicyclic) bond motifs is 1. The van der Waals surface area contributed by atoms with Crippen LogP contribution < -0.4 is 15.6 Å². The molecule has 1 aliphatic heterocycles. The van der Waals surface area contributed by atoms with Crippen molar-refractivity contribution in [3.63, 3.8) is 0 Å². The number of hydrogen-bond acceptors (Lipinski definition) is 5. The third-order valence-electron chi connectivity index (χ3n) is 6.05. The van der Waals surface area contributed by atoms with Crippen LogP contribution in [0.25, 0.3) is 10.9 Å². The van der Waals surface area contributed by atoms with Gasteiger partial charge in [-0.3, -0.25) is 9.69 Å². The number of thiocarbonyl (C=S) groups is 1. The molecule has 1 aromatic heterocycles. The number of ether oxygens (including phenoxy) is 2. The number of aromatic nitrogens is 1. The number of H-pyrrole nitrogens is 1. The van der Waals surface area contributed by atoms with E-state index in [0.29, 0.717) is 17.2 Å². The third-order valence-corrected chi connectivity index (χ3v) is 6.41. The van der Waals surface area contributed by atoms with Crippen LogP contribution in [0.3, 0.4) is 0 Å². The number of anilines is 1. The molecule has 1 aliphatic rings. The Morgan fingerprint density at radius 2 is 2.03 bits per heavy atom. The summed E-state index contributed by atoms with van der Waals surface area (Å²) < 4.78 is 10.8. The maximum Gasteiger partial charge on any atom is 0.253 e. The lowest BCUT2D eigenvalue weighted by Gasteiger charge is -2.29. The van der Waals surface area contributed by atoms with Crippen molar-refractivity contribution in [3.05, 3.63) is 70.0 Å². The molecule has 3 aromatic rings. The van der Waals surface area contributed by atoms with Gasteiger partial charge in [-0.2, -0.15) is 0 Å². The fraction of sp³-hybridized carbons (Fsp3) is 0.385. The lowest BCUT2D eigenvalue weighted by Crippen LogP contribution is -2.40. The number of nitrogens with one attached hydrogen (secondary N) is 2. The first-order valence-corrected chi connectivity index (χ1v) is 12.1. The van der Waals surface area contributed by atoms with Gasteiger partial charge in [-0.25, -0.2) is 0 Å². The fourth-order valence-corrected chi connectivity index (χ4v) is 4.44. The summed E-state index contributed by atoms with van der Waals surface area (Å²) in [5, 5.41) is 4.90. The van der Waals surface area contributed by atoms with Gasteiger partial charge in [-0.1, -0.05) is 12.1 Å². The van der Waals surface area contributed by atoms with Crippen LogP contribution >= 0.6 is 12.2 Å². The zero-order chi connectivity index (χ0) is 23.9. The van der Waals surface area contributed by atoms with Crippen molar-refractivity contribution in [2.75, 3.05) is 51.8 Å². The molecule has 2 N–H and O–H groups in total. The molecule has 1 saturated heterocycles. The van der Waals surface area contributed by atoms with E-state index in [-0.39, 0.29) is 5.56 Å². The average molecular weight is 481 g/mol. The topological polar surface area (TPSA) is 69.8 Å². The van der Waals surface area contributed by atoms with Crippen molar-refractivity contribution in [1.82, 2.24) is 14.8 Å². The summed E-state index contributed by atoms with van der Waals surface area (Å²) in [4.78, 5) is 20.4. The molecule has 0 amide bonds. The van der Waals surface area contributed by atoms with E-state index in [9.17, 15) is 4.79 Å². The number of morpholine rings is 1. The lowest BCUT2D eigenvalue weighted by molar-refractivity contribution is 0.0367. The summed E-state index contributed by atoms with van der Waals surface area (Å²) in [6, 6.07) is 15.7. The number of hydrogen-bond donors (Lipinski definition) is 2. The minimum atomic E-state index is -0.103. The Hall–Kier alpha value is -2.94. The van der Waals surface area contributed by atoms with Gasteiger partial charge in [0.1, 0.15) is 5.75 Å². The van der Waals surface area contributed by atoms with Crippen molar-refractivity contribution in [2.24, 2.45) is 0 Å². The largest absolute Gasteiger partial charge is 0.497 e. The normalized spacial score (nSPS) is 14.2. The quantitative estimate of drug-likeness (QED) is 0.476. The van der Waals surface area contributed by atoms with E-state index in [1.54, 1.807) is 7.11 Å². The molecule has 0 spiro atoms. The summed E-state index contributed by atoms with van der Waals surface area (Å²) >= 11 is 5.80. The zero-order valence-electron chi connectivity index (χ0n) is 19.8. The molecule has 8 heteroatoms. The molecule has 34 heavy (non-hydrogen) atoms. The van der Waals surface area contributed by atoms with Crippen LogP contribution in [0.1, 0.15) is 17.5 Å². The monoisotopic (exact) mass is 480 g/mol. The molecule has 7 nitrogen and oxygen atoms in total. The number of aryl methyl sites for hydroxylation is 1. The van der Waals surface area contributed by atoms with E-state index >= 15 is 0 Å². The second-order valence-corrected chi connectivity index (χ2v) is 8.99. The maximum atomic E-state index is 12.9. The predicted octanol–water partition coefficient (Wildman–Crippen LogP) is 3.77. The second kappa shape index (κ2) is 11.5. The van der Waals surface area contributed by atoms with Gasteiger partial charge in [0.05, 0.1) is 26.9 Å². The molecule has 0 aliphatic carbocycles. The molecule has 4 rings (SSSR count). The highest BCUT2D eigenvalue weighted by Crippen LogP contribution is 2.20. The standard InChI is InChI=1S/C26H32N4O3S/c1-19-5-3-6-22(15-19)27-26(34)30(10-4-9-29-11-13-33-14-12-29)18-21-16-20-17-23(32-2)7-8-24(20)28-25(21)31/h3,5-8,15-17H,4,9-14,18H2,1-2H3,(H,27,34)(H,28,31). The summed E-state index contributed by atoms with van der Waals surface area (Å²) in [5.74, 6) is 0.754. The van der Waals surface area contributed by atoms with Gasteiger partial charge < -0.3 is 24.7 Å². The SMILES string of the molecule is COc1ccc2[nH]c(=O)c(CN(CCCN3CCOCC3)C(=S)Nc3cccc(C)c3)cc2c1. The van der Waals surface area contributed by atoms with Crippen LogP contribution in [0.4, 0.5) is 5.69 Å². The first-order chi connectivity index (χ1) is 16.5. The number of rotatable bonds is 8. The summed E-state index contributed by atoms with van der Waals surface area (Å²) in [6.45, 7) is 7.67. The molecule has 0 bridgehead atoms. The van der Waals surface area contributed by atoms with Gasteiger partial charge in [0, 0.05) is 48.3 Å². The fourth-order valence-electron chi connectivity index (χ4n) is 4.17. The van der Waals surface area contributed by atoms with Crippen molar-refractivity contribution in [1.29, 1.82) is 0 Å². The molecule has 180 valence electrons. The Kier molecular flexibility index (Phi) is 8.16. The van der Waals surface area contributed by atoms with Gasteiger partial charge in [0.15, 0.2) is 5.11 Å². The highest BCUT2D eigenvalue weighted by Gasteiger charge is 2.16. The van der Waals surface area contributed by atoms with Crippen molar-refractivity contribution in [3.8, 4) is 5.75 Å². The highest BCUT2D eigenvalue weighted by molar-refractivity contribution is 7.80. The van der Waals surface area contributed by atoms with E-state index in [1.807, 2.05) is 36.4 Å². The average Bonchev–Trinajstić information content (AvgIpc) is 2.84. The summed E-state index contributed by atoms with van der Waals surface area (Å²) in [6.07, 6.45) is 0.939. The number of methoxy groups -OCH3 is 1. The summed E-state index contributed by atoms with van der Waals surface area (Å²) in [5.41, 5.74) is 3.45. The van der Waals surface area contributed by atoms with Crippen LogP contribution in [0.5, 0.6) is 5.75 Å². The van der Waals surface area contributed by atoms with Gasteiger partial charge in [-0.15, -0.1) is 0 Å². The third kappa shape index (κ3) is 6.34. The first kappa shape index (κ1) is 24.2. The molecule has 0 atom stereocenters. The number of pyridine rings is 1. The van der Waals surface area contributed by atoms with E-state index in [2.05, 4.69) is 39.2 Å². The Bertz CT molecular complexity index is 1190. The smallest absolute Gasteiger partial charge is 0.253 e. The first-order valence-electron chi connectivity index (χ1n) is 11.6. The molecule has 0 unspecified atom stereocenters. The van der Waals surface area contributed by atoms with Crippen molar-refractivity contribution < 1.29 is 9.47 Å². The van der Waals surface area contributed by atoms with Gasteiger partial charge in [0.2, 0.25) is 0 Å². The van der Waals surface area contributed by atoms with Gasteiger partial charge in [-0.05, 0) is 67.5 Å². The Morgan fingerprint density at radius 3 is 2.79 bits per heavy atom. The second-order valence-electron chi connectivity index (χ2n) is 8.61. The Morgan fingerprint density at radius 1 is 1.21 bits per heavy atom. The molecular weight excluding hydrogens is 448 g/mol. The minimum Gasteiger partial charge on any atom is -0.497 e. The minimum absolute atomic E-state index is 0.103. The predicted molar refractivity (Wildman–Crippen MR) is 141 cm³/mol. The van der Waals surface area contributed by atoms with Crippen LogP contribution in [0.15, 0.2) is 53.3 Å².